The molecule has 1 aromatic carbocycles. The number of nitrogen functional groups attached to an aromatic ring is 1. The van der Waals surface area contributed by atoms with E-state index in [1.165, 1.54) is 0 Å². The van der Waals surface area contributed by atoms with Crippen LogP contribution in [0.2, 0.25) is 0 Å². The number of nitrogens with zero attached hydrogens (tertiary/aromatic N) is 2. The van der Waals surface area contributed by atoms with Gasteiger partial charge in [0.2, 0.25) is 0 Å². The van der Waals surface area contributed by atoms with E-state index in [9.17, 15) is 4.79 Å². The number of ether oxygens (including phenoxy) is 1. The van der Waals surface area contributed by atoms with Crippen LogP contribution < -0.4 is 16.0 Å². The first-order chi connectivity index (χ1) is 10.0. The first kappa shape index (κ1) is 15.2. The zero-order valence-electron chi connectivity index (χ0n) is 12.9. The van der Waals surface area contributed by atoms with Crippen molar-refractivity contribution < 1.29 is 4.74 Å². The van der Waals surface area contributed by atoms with Gasteiger partial charge in [0.1, 0.15) is 11.4 Å². The molecule has 0 aliphatic rings. The van der Waals surface area contributed by atoms with E-state index in [2.05, 4.69) is 0 Å². The first-order valence-corrected chi connectivity index (χ1v) is 7.25. The molecule has 0 saturated carbocycles. The van der Waals surface area contributed by atoms with E-state index in [1.54, 1.807) is 4.68 Å². The smallest absolute Gasteiger partial charge is 0.290 e. The first-order valence-electron chi connectivity index (χ1n) is 7.25. The third-order valence-electron chi connectivity index (χ3n) is 3.52. The summed E-state index contributed by atoms with van der Waals surface area (Å²) < 4.78 is 9.18. The van der Waals surface area contributed by atoms with Crippen molar-refractivity contribution in [2.75, 3.05) is 12.3 Å². The normalized spacial score (nSPS) is 11.0. The summed E-state index contributed by atoms with van der Waals surface area (Å²) >= 11 is 0. The number of hydrogen-bond acceptors (Lipinski definition) is 3. The minimum Gasteiger partial charge on any atom is -0.494 e. The second kappa shape index (κ2) is 6.52. The molecule has 1 aromatic heterocycles. The number of hydrogen-bond donors (Lipinski definition) is 1. The van der Waals surface area contributed by atoms with E-state index in [1.807, 2.05) is 55.9 Å². The molecule has 0 amide bonds. The Morgan fingerprint density at radius 3 is 2.48 bits per heavy atom. The Bertz CT molecular complexity index is 642. The van der Waals surface area contributed by atoms with Gasteiger partial charge in [0.05, 0.1) is 12.3 Å². The second-order valence-corrected chi connectivity index (χ2v) is 5.42. The summed E-state index contributed by atoms with van der Waals surface area (Å²) in [6.45, 7) is 5.24. The summed E-state index contributed by atoms with van der Waals surface area (Å²) in [5.74, 6) is 1.07. The quantitative estimate of drug-likeness (QED) is 0.830. The van der Waals surface area contributed by atoms with Crippen molar-refractivity contribution in [3.63, 3.8) is 0 Å². The van der Waals surface area contributed by atoms with Gasteiger partial charge in [-0.05, 0) is 18.1 Å². The molecule has 0 fully saturated rings. The molecular weight excluding hydrogens is 266 g/mol. The Morgan fingerprint density at radius 1 is 1.24 bits per heavy atom. The van der Waals surface area contributed by atoms with E-state index in [0.29, 0.717) is 18.8 Å². The Kier molecular flexibility index (Phi) is 4.73. The van der Waals surface area contributed by atoms with Gasteiger partial charge < -0.3 is 10.5 Å². The lowest BCUT2D eigenvalue weighted by Crippen LogP contribution is -2.23. The maximum atomic E-state index is 12.2. The monoisotopic (exact) mass is 289 g/mol. The third kappa shape index (κ3) is 3.29. The van der Waals surface area contributed by atoms with Crippen LogP contribution in [0.4, 0.5) is 5.69 Å². The van der Waals surface area contributed by atoms with Gasteiger partial charge in [-0.2, -0.15) is 0 Å². The molecule has 0 spiro atoms. The minimum absolute atomic E-state index is 0.110. The van der Waals surface area contributed by atoms with Crippen molar-refractivity contribution in [2.45, 2.75) is 32.7 Å². The van der Waals surface area contributed by atoms with E-state index >= 15 is 0 Å². The predicted molar refractivity (Wildman–Crippen MR) is 84.7 cm³/mol. The van der Waals surface area contributed by atoms with E-state index < -0.39 is 0 Å². The average Bonchev–Trinajstić information content (AvgIpc) is 2.67. The molecule has 0 radical (unpaired) electrons. The van der Waals surface area contributed by atoms with Crippen molar-refractivity contribution in [1.29, 1.82) is 0 Å². The van der Waals surface area contributed by atoms with E-state index in [-0.39, 0.29) is 11.5 Å². The van der Waals surface area contributed by atoms with Crippen LogP contribution in [0.25, 0.3) is 0 Å². The van der Waals surface area contributed by atoms with Gasteiger partial charge in [0.25, 0.3) is 5.56 Å². The topological polar surface area (TPSA) is 62.2 Å². The molecular formula is C16H23N3O2. The highest BCUT2D eigenvalue weighted by molar-refractivity contribution is 5.43. The standard InChI is InChI=1S/C16H23N3O2/c1-12(2)15-14(17)16(20)19(18(15)3)10-7-11-21-13-8-5-4-6-9-13/h4-6,8-9,12H,7,10-11,17H2,1-3H3. The van der Waals surface area contributed by atoms with Crippen molar-refractivity contribution in [3.8, 4) is 5.75 Å². The van der Waals surface area contributed by atoms with Crippen molar-refractivity contribution in [3.05, 3.63) is 46.4 Å². The van der Waals surface area contributed by atoms with E-state index in [0.717, 1.165) is 17.9 Å². The molecule has 0 aliphatic carbocycles. The summed E-state index contributed by atoms with van der Waals surface area (Å²) in [5.41, 5.74) is 7.06. The zero-order valence-corrected chi connectivity index (χ0v) is 12.9. The van der Waals surface area contributed by atoms with Gasteiger partial charge >= 0.3 is 0 Å². The van der Waals surface area contributed by atoms with Gasteiger partial charge in [0.15, 0.2) is 0 Å². The fourth-order valence-corrected chi connectivity index (χ4v) is 2.55. The number of aromatic nitrogens is 2. The maximum absolute atomic E-state index is 12.2. The molecule has 1 heterocycles. The number of benzene rings is 1. The molecule has 0 atom stereocenters. The highest BCUT2D eigenvalue weighted by Crippen LogP contribution is 2.18. The van der Waals surface area contributed by atoms with Crippen LogP contribution >= 0.6 is 0 Å². The molecule has 2 rings (SSSR count). The molecule has 0 saturated heterocycles. The van der Waals surface area contributed by atoms with Gasteiger partial charge in [-0.1, -0.05) is 32.0 Å². The lowest BCUT2D eigenvalue weighted by Gasteiger charge is -2.12. The van der Waals surface area contributed by atoms with Gasteiger partial charge in [-0.25, -0.2) is 4.68 Å². The van der Waals surface area contributed by atoms with Crippen LogP contribution in [-0.2, 0) is 13.6 Å². The Morgan fingerprint density at radius 2 is 1.90 bits per heavy atom. The molecule has 114 valence electrons. The van der Waals surface area contributed by atoms with Gasteiger partial charge in [-0.3, -0.25) is 9.48 Å². The average molecular weight is 289 g/mol. The summed E-state index contributed by atoms with van der Waals surface area (Å²) in [7, 11) is 1.88. The van der Waals surface area contributed by atoms with Crippen LogP contribution in [0.1, 0.15) is 31.9 Å². The van der Waals surface area contributed by atoms with Crippen LogP contribution in [-0.4, -0.2) is 16.0 Å². The van der Waals surface area contributed by atoms with Crippen LogP contribution in [0, 0.1) is 0 Å². The molecule has 0 unspecified atom stereocenters. The van der Waals surface area contributed by atoms with Gasteiger partial charge in [-0.15, -0.1) is 0 Å². The number of rotatable bonds is 6. The van der Waals surface area contributed by atoms with E-state index in [4.69, 9.17) is 10.5 Å². The summed E-state index contributed by atoms with van der Waals surface area (Å²) in [6, 6.07) is 9.67. The molecule has 5 nitrogen and oxygen atoms in total. The van der Waals surface area contributed by atoms with Crippen molar-refractivity contribution >= 4 is 5.69 Å². The Balaban J connectivity index is 1.98. The third-order valence-corrected chi connectivity index (χ3v) is 3.52. The number of nitrogens with two attached hydrogens (primary N) is 1. The molecule has 0 aliphatic heterocycles. The lowest BCUT2D eigenvalue weighted by molar-refractivity contribution is 0.292. The molecule has 2 N–H and O–H groups in total. The molecule has 0 bridgehead atoms. The predicted octanol–water partition coefficient (Wildman–Crippen LogP) is 2.36. The fourth-order valence-electron chi connectivity index (χ4n) is 2.55. The highest BCUT2D eigenvalue weighted by atomic mass is 16.5. The lowest BCUT2D eigenvalue weighted by atomic mass is 10.1. The summed E-state index contributed by atoms with van der Waals surface area (Å²) in [5, 5.41) is 0. The Hall–Kier alpha value is -2.17. The second-order valence-electron chi connectivity index (χ2n) is 5.42. The summed E-state index contributed by atoms with van der Waals surface area (Å²) in [4.78, 5) is 12.2. The zero-order chi connectivity index (χ0) is 15.4. The molecule has 5 heteroatoms. The number of anilines is 1. The molecule has 21 heavy (non-hydrogen) atoms. The van der Waals surface area contributed by atoms with Crippen molar-refractivity contribution in [2.24, 2.45) is 7.05 Å². The van der Waals surface area contributed by atoms with Crippen LogP contribution in [0.15, 0.2) is 35.1 Å². The number of para-hydroxylation sites is 1. The van der Waals surface area contributed by atoms with Gasteiger partial charge in [0, 0.05) is 20.0 Å². The van der Waals surface area contributed by atoms with Crippen molar-refractivity contribution in [1.82, 2.24) is 9.36 Å². The summed E-state index contributed by atoms with van der Waals surface area (Å²) in [6.07, 6.45) is 0.754. The largest absolute Gasteiger partial charge is 0.494 e. The fraction of sp³-hybridized carbons (Fsp3) is 0.438. The Labute approximate surface area is 124 Å². The van der Waals surface area contributed by atoms with Crippen LogP contribution in [0.5, 0.6) is 5.75 Å². The SMILES string of the molecule is CC(C)c1c(N)c(=O)n(CCCOc2ccccc2)n1C. The molecule has 2 aromatic rings. The van der Waals surface area contributed by atoms with Crippen LogP contribution in [0.3, 0.4) is 0 Å². The maximum Gasteiger partial charge on any atom is 0.290 e. The highest BCUT2D eigenvalue weighted by Gasteiger charge is 2.17. The minimum atomic E-state index is -0.110.